The molecule has 0 atom stereocenters. The Morgan fingerprint density at radius 3 is 2.68 bits per heavy atom. The molecular formula is C15H15N3O. The Labute approximate surface area is 111 Å². The zero-order valence-corrected chi connectivity index (χ0v) is 10.9. The van der Waals surface area contributed by atoms with Crippen molar-refractivity contribution >= 4 is 17.0 Å². The number of aryl methyl sites for hydroxylation is 1. The summed E-state index contributed by atoms with van der Waals surface area (Å²) in [6, 6.07) is 13.8. The number of hydrogen-bond donors (Lipinski definition) is 1. The molecular weight excluding hydrogens is 238 g/mol. The van der Waals surface area contributed by atoms with Crippen LogP contribution in [0.15, 0.2) is 42.5 Å². The number of ether oxygens (including phenoxy) is 1. The summed E-state index contributed by atoms with van der Waals surface area (Å²) in [6.45, 7) is 2.05. The van der Waals surface area contributed by atoms with Gasteiger partial charge in [-0.15, -0.1) is 0 Å². The van der Waals surface area contributed by atoms with Gasteiger partial charge in [0, 0.05) is 0 Å². The predicted octanol–water partition coefficient (Wildman–Crippen LogP) is 2.92. The SMILES string of the molecule is COc1ccccc1-n1c(N)nc2cccc(C)c21. The van der Waals surface area contributed by atoms with Crippen molar-refractivity contribution in [3.8, 4) is 11.4 Å². The highest BCUT2D eigenvalue weighted by Crippen LogP contribution is 2.30. The van der Waals surface area contributed by atoms with E-state index >= 15 is 0 Å². The first-order valence-electron chi connectivity index (χ1n) is 6.09. The van der Waals surface area contributed by atoms with Gasteiger partial charge in [-0.1, -0.05) is 24.3 Å². The molecule has 4 nitrogen and oxygen atoms in total. The Balaban J connectivity index is 2.39. The van der Waals surface area contributed by atoms with Crippen LogP contribution < -0.4 is 10.5 Å². The van der Waals surface area contributed by atoms with Crippen molar-refractivity contribution in [1.29, 1.82) is 0 Å². The first-order valence-corrected chi connectivity index (χ1v) is 6.09. The molecule has 0 fully saturated rings. The smallest absolute Gasteiger partial charge is 0.206 e. The number of rotatable bonds is 2. The highest BCUT2D eigenvalue weighted by atomic mass is 16.5. The van der Waals surface area contributed by atoms with E-state index in [4.69, 9.17) is 10.5 Å². The van der Waals surface area contributed by atoms with Crippen LogP contribution in [0.4, 0.5) is 5.95 Å². The Hall–Kier alpha value is -2.49. The van der Waals surface area contributed by atoms with Gasteiger partial charge in [0.1, 0.15) is 5.75 Å². The maximum Gasteiger partial charge on any atom is 0.206 e. The maximum atomic E-state index is 6.07. The van der Waals surface area contributed by atoms with Crippen molar-refractivity contribution in [3.05, 3.63) is 48.0 Å². The molecule has 0 aliphatic heterocycles. The van der Waals surface area contributed by atoms with Crippen LogP contribution in [-0.4, -0.2) is 16.7 Å². The molecule has 0 aliphatic carbocycles. The second-order valence-corrected chi connectivity index (χ2v) is 4.42. The number of para-hydroxylation sites is 3. The highest BCUT2D eigenvalue weighted by Gasteiger charge is 2.14. The van der Waals surface area contributed by atoms with Gasteiger partial charge >= 0.3 is 0 Å². The molecule has 96 valence electrons. The largest absolute Gasteiger partial charge is 0.495 e. The van der Waals surface area contributed by atoms with E-state index in [0.29, 0.717) is 5.95 Å². The van der Waals surface area contributed by atoms with Gasteiger partial charge in [0.15, 0.2) is 0 Å². The van der Waals surface area contributed by atoms with Crippen molar-refractivity contribution in [2.45, 2.75) is 6.92 Å². The van der Waals surface area contributed by atoms with E-state index in [1.54, 1.807) is 7.11 Å². The zero-order chi connectivity index (χ0) is 13.4. The van der Waals surface area contributed by atoms with E-state index in [2.05, 4.69) is 18.0 Å². The number of hydrogen-bond acceptors (Lipinski definition) is 3. The summed E-state index contributed by atoms with van der Waals surface area (Å²) in [5.41, 5.74) is 10.0. The molecule has 2 N–H and O–H groups in total. The molecule has 3 aromatic rings. The average Bonchev–Trinajstić information content (AvgIpc) is 2.76. The normalized spacial score (nSPS) is 10.8. The summed E-state index contributed by atoms with van der Waals surface area (Å²) in [7, 11) is 1.65. The summed E-state index contributed by atoms with van der Waals surface area (Å²) >= 11 is 0. The molecule has 19 heavy (non-hydrogen) atoms. The van der Waals surface area contributed by atoms with Crippen molar-refractivity contribution in [2.75, 3.05) is 12.8 Å². The molecule has 0 aliphatic rings. The third kappa shape index (κ3) is 1.73. The van der Waals surface area contributed by atoms with Crippen LogP contribution in [-0.2, 0) is 0 Å². The fourth-order valence-electron chi connectivity index (χ4n) is 2.37. The molecule has 0 spiro atoms. The summed E-state index contributed by atoms with van der Waals surface area (Å²) in [5.74, 6) is 1.24. The Kier molecular flexibility index (Phi) is 2.63. The second kappa shape index (κ2) is 4.31. The van der Waals surface area contributed by atoms with E-state index in [1.165, 1.54) is 0 Å². The Morgan fingerprint density at radius 1 is 1.11 bits per heavy atom. The van der Waals surface area contributed by atoms with Crippen LogP contribution in [0.1, 0.15) is 5.56 Å². The minimum absolute atomic E-state index is 0.466. The van der Waals surface area contributed by atoms with E-state index in [-0.39, 0.29) is 0 Å². The number of nitrogen functional groups attached to an aromatic ring is 1. The van der Waals surface area contributed by atoms with E-state index < -0.39 is 0 Å². The lowest BCUT2D eigenvalue weighted by atomic mass is 10.2. The number of benzene rings is 2. The molecule has 0 amide bonds. The van der Waals surface area contributed by atoms with Gasteiger partial charge in [-0.3, -0.25) is 4.57 Å². The molecule has 1 aromatic heterocycles. The van der Waals surface area contributed by atoms with Crippen LogP contribution >= 0.6 is 0 Å². The van der Waals surface area contributed by atoms with Crippen molar-refractivity contribution in [3.63, 3.8) is 0 Å². The topological polar surface area (TPSA) is 53.1 Å². The van der Waals surface area contributed by atoms with Gasteiger partial charge in [-0.05, 0) is 30.7 Å². The number of nitrogens with two attached hydrogens (primary N) is 1. The molecule has 3 rings (SSSR count). The van der Waals surface area contributed by atoms with Crippen LogP contribution in [0.3, 0.4) is 0 Å². The standard InChI is InChI=1S/C15H15N3O/c1-10-6-5-7-11-14(10)18(15(16)17-11)12-8-3-4-9-13(12)19-2/h3-9H,1-2H3,(H2,16,17). The molecule has 0 unspecified atom stereocenters. The number of imidazole rings is 1. The van der Waals surface area contributed by atoms with Gasteiger partial charge in [-0.25, -0.2) is 4.98 Å². The molecule has 0 radical (unpaired) electrons. The number of aromatic nitrogens is 2. The van der Waals surface area contributed by atoms with E-state index in [9.17, 15) is 0 Å². The fourth-order valence-corrected chi connectivity index (χ4v) is 2.37. The number of anilines is 1. The zero-order valence-electron chi connectivity index (χ0n) is 10.9. The van der Waals surface area contributed by atoms with Gasteiger partial charge < -0.3 is 10.5 Å². The van der Waals surface area contributed by atoms with Crippen LogP contribution in [0, 0.1) is 6.92 Å². The monoisotopic (exact) mass is 253 g/mol. The minimum atomic E-state index is 0.466. The third-order valence-corrected chi connectivity index (χ3v) is 3.23. The molecule has 0 saturated heterocycles. The maximum absolute atomic E-state index is 6.07. The molecule has 4 heteroatoms. The summed E-state index contributed by atoms with van der Waals surface area (Å²) < 4.78 is 7.34. The van der Waals surface area contributed by atoms with Crippen molar-refractivity contribution < 1.29 is 4.74 Å². The second-order valence-electron chi connectivity index (χ2n) is 4.42. The van der Waals surface area contributed by atoms with Crippen molar-refractivity contribution in [1.82, 2.24) is 9.55 Å². The average molecular weight is 253 g/mol. The minimum Gasteiger partial charge on any atom is -0.495 e. The fraction of sp³-hybridized carbons (Fsp3) is 0.133. The van der Waals surface area contributed by atoms with Crippen LogP contribution in [0.2, 0.25) is 0 Å². The predicted molar refractivity (Wildman–Crippen MR) is 76.8 cm³/mol. The van der Waals surface area contributed by atoms with Gasteiger partial charge in [0.25, 0.3) is 0 Å². The van der Waals surface area contributed by atoms with Gasteiger partial charge in [-0.2, -0.15) is 0 Å². The number of fused-ring (bicyclic) bond motifs is 1. The number of nitrogens with zero attached hydrogens (tertiary/aromatic N) is 2. The summed E-state index contributed by atoms with van der Waals surface area (Å²) in [5, 5.41) is 0. The van der Waals surface area contributed by atoms with Gasteiger partial charge in [0.2, 0.25) is 5.95 Å². The lowest BCUT2D eigenvalue weighted by Gasteiger charge is -2.12. The van der Waals surface area contributed by atoms with Crippen LogP contribution in [0.25, 0.3) is 16.7 Å². The van der Waals surface area contributed by atoms with Gasteiger partial charge in [0.05, 0.1) is 23.8 Å². The van der Waals surface area contributed by atoms with E-state index in [1.807, 2.05) is 41.0 Å². The first kappa shape index (κ1) is 11.6. The number of methoxy groups -OCH3 is 1. The summed E-state index contributed by atoms with van der Waals surface area (Å²) in [6.07, 6.45) is 0. The van der Waals surface area contributed by atoms with Crippen molar-refractivity contribution in [2.24, 2.45) is 0 Å². The molecule has 0 bridgehead atoms. The lowest BCUT2D eigenvalue weighted by molar-refractivity contribution is 0.413. The third-order valence-electron chi connectivity index (χ3n) is 3.23. The van der Waals surface area contributed by atoms with Crippen LogP contribution in [0.5, 0.6) is 5.75 Å². The molecule has 2 aromatic carbocycles. The quantitative estimate of drug-likeness (QED) is 0.764. The Bertz CT molecular complexity index is 746. The van der Waals surface area contributed by atoms with E-state index in [0.717, 1.165) is 28.0 Å². The highest BCUT2D eigenvalue weighted by molar-refractivity contribution is 5.84. The molecule has 0 saturated carbocycles. The first-order chi connectivity index (χ1) is 9.22. The molecule has 1 heterocycles. The lowest BCUT2D eigenvalue weighted by Crippen LogP contribution is -2.03. The summed E-state index contributed by atoms with van der Waals surface area (Å²) in [4.78, 5) is 4.41. The Morgan fingerprint density at radius 2 is 1.89 bits per heavy atom.